The molecule has 0 spiro atoms. The van der Waals surface area contributed by atoms with Crippen LogP contribution >= 0.6 is 11.8 Å². The molecule has 9 heteroatoms. The molecule has 1 saturated heterocycles. The van der Waals surface area contributed by atoms with Crippen molar-refractivity contribution in [2.75, 3.05) is 12.4 Å². The van der Waals surface area contributed by atoms with Crippen molar-refractivity contribution in [3.05, 3.63) is 11.6 Å². The number of thioether (sulfide) groups is 1. The molecule has 0 aromatic rings. The predicted octanol–water partition coefficient (Wildman–Crippen LogP) is 10.2. The van der Waals surface area contributed by atoms with E-state index in [4.69, 9.17) is 23.7 Å². The number of ether oxygens (including phenoxy) is 5. The summed E-state index contributed by atoms with van der Waals surface area (Å²) in [5, 5.41) is 0. The minimum atomic E-state index is -0.936. The van der Waals surface area contributed by atoms with Crippen LogP contribution in [0.15, 0.2) is 11.6 Å². The van der Waals surface area contributed by atoms with Crippen molar-refractivity contribution >= 4 is 29.7 Å². The lowest BCUT2D eigenvalue weighted by Crippen LogP contribution is -2.59. The number of carbonyl (C=O) groups excluding carboxylic acids is 3. The van der Waals surface area contributed by atoms with Gasteiger partial charge in [0.1, 0.15) is 5.44 Å². The van der Waals surface area contributed by atoms with Crippen LogP contribution in [0.3, 0.4) is 0 Å². The minimum Gasteiger partial charge on any atom is -0.456 e. The van der Waals surface area contributed by atoms with E-state index in [-0.39, 0.29) is 0 Å². The lowest BCUT2D eigenvalue weighted by atomic mass is 9.47. The lowest BCUT2D eigenvalue weighted by Gasteiger charge is -2.58. The summed E-state index contributed by atoms with van der Waals surface area (Å²) in [6, 6.07) is 0. The van der Waals surface area contributed by atoms with E-state index in [9.17, 15) is 14.4 Å². The van der Waals surface area contributed by atoms with E-state index in [1.54, 1.807) is 24.3 Å². The van der Waals surface area contributed by atoms with Crippen LogP contribution in [0.2, 0.25) is 0 Å². The quantitative estimate of drug-likeness (QED) is 0.0619. The fourth-order valence-electron chi connectivity index (χ4n) is 11.9. The Morgan fingerprint density at radius 3 is 2.20 bits per heavy atom. The van der Waals surface area contributed by atoms with Gasteiger partial charge in [-0.15, -0.1) is 11.8 Å². The summed E-state index contributed by atoms with van der Waals surface area (Å²) in [5.74, 6) is 4.46. The Kier molecular flexibility index (Phi) is 15.5. The van der Waals surface area contributed by atoms with Crippen molar-refractivity contribution in [2.24, 2.45) is 46.3 Å². The Bertz CT molecular complexity index is 1300. The molecule has 13 atom stereocenters. The maximum Gasteiger partial charge on any atom is 0.303 e. The van der Waals surface area contributed by atoms with E-state index >= 15 is 0 Å². The van der Waals surface area contributed by atoms with Gasteiger partial charge in [0, 0.05) is 27.4 Å². The summed E-state index contributed by atoms with van der Waals surface area (Å²) in [6.45, 7) is 19.1. The van der Waals surface area contributed by atoms with Gasteiger partial charge in [0.25, 0.3) is 0 Å². The van der Waals surface area contributed by atoms with Crippen LogP contribution < -0.4 is 0 Å². The van der Waals surface area contributed by atoms with Gasteiger partial charge in [0.2, 0.25) is 0 Å². The molecule has 4 fully saturated rings. The third-order valence-corrected chi connectivity index (χ3v) is 15.8. The zero-order chi connectivity index (χ0) is 39.2. The number of esters is 3. The second-order valence-corrected chi connectivity index (χ2v) is 19.9. The molecule has 0 unspecified atom stereocenters. The van der Waals surface area contributed by atoms with Gasteiger partial charge in [-0.25, -0.2) is 0 Å². The Hall–Kier alpha value is -1.58. The molecule has 5 aliphatic rings. The van der Waals surface area contributed by atoms with Gasteiger partial charge in [-0.05, 0) is 123 Å². The second kappa shape index (κ2) is 19.2. The monoisotopic (exact) mass is 775 g/mol. The van der Waals surface area contributed by atoms with Gasteiger partial charge in [0.05, 0.1) is 12.2 Å². The summed E-state index contributed by atoms with van der Waals surface area (Å²) in [7, 11) is 0. The fraction of sp³-hybridized carbons (Fsp3) is 0.889. The zero-order valence-corrected chi connectivity index (χ0v) is 36.0. The van der Waals surface area contributed by atoms with Gasteiger partial charge >= 0.3 is 17.9 Å². The minimum absolute atomic E-state index is 0.345. The van der Waals surface area contributed by atoms with Crippen molar-refractivity contribution in [2.45, 2.75) is 195 Å². The number of hydrogen-bond acceptors (Lipinski definition) is 9. The van der Waals surface area contributed by atoms with Gasteiger partial charge < -0.3 is 23.7 Å². The maximum absolute atomic E-state index is 12.0. The molecule has 0 aromatic carbocycles. The Labute approximate surface area is 331 Å². The molecule has 1 heterocycles. The Morgan fingerprint density at radius 1 is 0.815 bits per heavy atom. The molecule has 1 aliphatic heterocycles. The molecule has 0 bridgehead atoms. The summed E-state index contributed by atoms with van der Waals surface area (Å²) < 4.78 is 29.3. The average Bonchev–Trinajstić information content (AvgIpc) is 3.45. The SMILES string of the molecule is CC(=O)O[C@@H]1[C@H](OC(C)=O)[C@H](C)O[C@H](SCCCCCCO[C@H]2CC[C@@]3(C)C(=CC[C@H]4[C@@H]5CC[C@H]([C@H](C)CCCC(C)C)[C@@]5(C)CC[C@@H]43)C2)[C@H]1OC(C)=O. The highest BCUT2D eigenvalue weighted by Gasteiger charge is 2.59. The first-order chi connectivity index (χ1) is 25.6. The number of allylic oxidation sites excluding steroid dienone is 1. The highest BCUT2D eigenvalue weighted by Crippen LogP contribution is 2.67. The van der Waals surface area contributed by atoms with Crippen LogP contribution in [0.25, 0.3) is 0 Å². The molecule has 0 amide bonds. The zero-order valence-electron chi connectivity index (χ0n) is 35.2. The second-order valence-electron chi connectivity index (χ2n) is 18.7. The highest BCUT2D eigenvalue weighted by molar-refractivity contribution is 7.99. The number of unbranched alkanes of at least 4 members (excludes halogenated alkanes) is 3. The average molecular weight is 775 g/mol. The lowest BCUT2D eigenvalue weighted by molar-refractivity contribution is -0.229. The molecule has 8 nitrogen and oxygen atoms in total. The molecular formula is C45H74O8S. The first-order valence-electron chi connectivity index (χ1n) is 21.7. The van der Waals surface area contributed by atoms with Crippen LogP contribution in [-0.2, 0) is 38.1 Å². The summed E-state index contributed by atoms with van der Waals surface area (Å²) in [4.78, 5) is 35.7. The standard InChI is InChI=1S/C45H74O8S/c1-28(2)15-14-16-29(3)37-19-20-38-36-18-17-34-27-35(21-23-44(34,8)39(36)22-24-45(37,38)9)49-25-12-10-11-13-26-54-43-42(53-33(7)48)41(52-32(6)47)40(30(4)50-43)51-31(5)46/h17,28-30,35-43H,10-16,18-27H2,1-9H3/t29-,30+,35+,36+,37-,38+,39+,40-,41-,42+,43-,44+,45-/m1/s1. The van der Waals surface area contributed by atoms with Crippen molar-refractivity contribution in [3.8, 4) is 0 Å². The normalized spacial score (nSPS) is 38.1. The molecule has 3 saturated carbocycles. The van der Waals surface area contributed by atoms with Crippen LogP contribution in [0.4, 0.5) is 0 Å². The molecule has 0 N–H and O–H groups in total. The number of rotatable bonds is 17. The molecule has 0 aromatic heterocycles. The summed E-state index contributed by atoms with van der Waals surface area (Å²) >= 11 is 1.55. The molecule has 54 heavy (non-hydrogen) atoms. The third-order valence-electron chi connectivity index (χ3n) is 14.6. The largest absolute Gasteiger partial charge is 0.456 e. The van der Waals surface area contributed by atoms with Crippen LogP contribution in [0.1, 0.15) is 159 Å². The van der Waals surface area contributed by atoms with Crippen LogP contribution in [-0.4, -0.2) is 66.2 Å². The van der Waals surface area contributed by atoms with Gasteiger partial charge in [-0.1, -0.05) is 78.4 Å². The first kappa shape index (κ1) is 43.5. The van der Waals surface area contributed by atoms with Crippen LogP contribution in [0.5, 0.6) is 0 Å². The smallest absolute Gasteiger partial charge is 0.303 e. The number of carbonyl (C=O) groups is 3. The summed E-state index contributed by atoms with van der Waals surface area (Å²) in [6.07, 6.45) is 18.8. The van der Waals surface area contributed by atoms with Crippen molar-refractivity contribution in [1.82, 2.24) is 0 Å². The number of fused-ring (bicyclic) bond motifs is 5. The summed E-state index contributed by atoms with van der Waals surface area (Å²) in [5.41, 5.74) is 2.07. The third kappa shape index (κ3) is 10.3. The van der Waals surface area contributed by atoms with E-state index in [2.05, 4.69) is 40.7 Å². The van der Waals surface area contributed by atoms with E-state index in [1.165, 1.54) is 85.0 Å². The van der Waals surface area contributed by atoms with Gasteiger partial charge in [0.15, 0.2) is 18.3 Å². The fourth-order valence-corrected chi connectivity index (χ4v) is 13.2. The van der Waals surface area contributed by atoms with Crippen molar-refractivity contribution in [1.29, 1.82) is 0 Å². The van der Waals surface area contributed by atoms with Crippen molar-refractivity contribution < 1.29 is 38.1 Å². The topological polar surface area (TPSA) is 97.4 Å². The van der Waals surface area contributed by atoms with E-state index in [0.29, 0.717) is 16.9 Å². The predicted molar refractivity (Wildman–Crippen MR) is 215 cm³/mol. The van der Waals surface area contributed by atoms with Crippen molar-refractivity contribution in [3.63, 3.8) is 0 Å². The maximum atomic E-state index is 12.0. The molecule has 5 rings (SSSR count). The molecule has 0 radical (unpaired) electrons. The Balaban J connectivity index is 1.03. The van der Waals surface area contributed by atoms with E-state index in [1.807, 2.05) is 0 Å². The van der Waals surface area contributed by atoms with E-state index in [0.717, 1.165) is 80.0 Å². The van der Waals surface area contributed by atoms with Gasteiger partial charge in [-0.3, -0.25) is 14.4 Å². The molecule has 4 aliphatic carbocycles. The van der Waals surface area contributed by atoms with Gasteiger partial charge in [-0.2, -0.15) is 0 Å². The number of hydrogen-bond donors (Lipinski definition) is 0. The van der Waals surface area contributed by atoms with E-state index < -0.39 is 47.8 Å². The molecule has 308 valence electrons. The van der Waals surface area contributed by atoms with Crippen LogP contribution in [0, 0.1) is 46.3 Å². The first-order valence-corrected chi connectivity index (χ1v) is 22.8. The highest BCUT2D eigenvalue weighted by atomic mass is 32.2. The molecular weight excluding hydrogens is 701 g/mol. The Morgan fingerprint density at radius 2 is 1.50 bits per heavy atom.